The van der Waals surface area contributed by atoms with Crippen LogP contribution >= 0.6 is 0 Å². The molecule has 3 rings (SSSR count). The Balaban J connectivity index is 2.14. The Bertz CT molecular complexity index is 519. The Morgan fingerprint density at radius 1 is 1.36 bits per heavy atom. The van der Waals surface area contributed by atoms with Gasteiger partial charge in [-0.3, -0.25) is 0 Å². The van der Waals surface area contributed by atoms with Crippen LogP contribution in [0.15, 0.2) is 11.8 Å². The second-order valence-corrected chi connectivity index (χ2v) is 3.39. The summed E-state index contributed by atoms with van der Waals surface area (Å²) in [6.45, 7) is 0. The molecule has 2 heterocycles. The normalized spacial score (nSPS) is 14.7. The zero-order chi connectivity index (χ0) is 9.54. The third kappa shape index (κ3) is 1.22. The van der Waals surface area contributed by atoms with E-state index in [9.17, 15) is 0 Å². The van der Waals surface area contributed by atoms with Gasteiger partial charge in [0.1, 0.15) is 11.3 Å². The number of nitrogen functional groups attached to an aromatic ring is 1. The van der Waals surface area contributed by atoms with Crippen LogP contribution in [-0.2, 0) is 0 Å². The van der Waals surface area contributed by atoms with Crippen LogP contribution in [0.4, 0.5) is 5.95 Å². The minimum absolute atomic E-state index is 0.259. The third-order valence-electron chi connectivity index (χ3n) is 2.16. The summed E-state index contributed by atoms with van der Waals surface area (Å²) in [5, 5.41) is 0. The minimum atomic E-state index is 0.259. The number of rotatable bonds is 1. The molecule has 0 aliphatic heterocycles. The molecule has 1 saturated carbocycles. The molecule has 0 unspecified atom stereocenters. The van der Waals surface area contributed by atoms with E-state index in [1.807, 2.05) is 0 Å². The summed E-state index contributed by atoms with van der Waals surface area (Å²) in [6.07, 6.45) is 6.08. The van der Waals surface area contributed by atoms with Crippen molar-refractivity contribution in [1.82, 2.24) is 19.9 Å². The van der Waals surface area contributed by atoms with Gasteiger partial charge in [0, 0.05) is 0 Å². The third-order valence-corrected chi connectivity index (χ3v) is 2.16. The van der Waals surface area contributed by atoms with Crippen molar-refractivity contribution in [3.8, 4) is 0 Å². The molecule has 2 aromatic rings. The van der Waals surface area contributed by atoms with Crippen LogP contribution in [0.25, 0.3) is 17.2 Å². The zero-order valence-electron chi connectivity index (χ0n) is 7.49. The number of hydrogen-bond donors (Lipinski definition) is 2. The summed E-state index contributed by atoms with van der Waals surface area (Å²) in [6, 6.07) is 0. The first-order valence-corrected chi connectivity index (χ1v) is 4.49. The number of nitrogens with zero attached hydrogens (tertiary/aromatic N) is 3. The van der Waals surface area contributed by atoms with Crippen molar-refractivity contribution in [2.24, 2.45) is 0 Å². The lowest BCUT2D eigenvalue weighted by Gasteiger charge is -1.87. The smallest absolute Gasteiger partial charge is 0.222 e. The summed E-state index contributed by atoms with van der Waals surface area (Å²) >= 11 is 0. The number of anilines is 1. The van der Waals surface area contributed by atoms with Crippen LogP contribution in [0, 0.1) is 0 Å². The van der Waals surface area contributed by atoms with Gasteiger partial charge < -0.3 is 10.7 Å². The van der Waals surface area contributed by atoms with Gasteiger partial charge in [0.2, 0.25) is 5.95 Å². The highest BCUT2D eigenvalue weighted by Crippen LogP contribution is 2.29. The van der Waals surface area contributed by atoms with Gasteiger partial charge in [-0.15, -0.1) is 0 Å². The number of aromatic nitrogens is 4. The van der Waals surface area contributed by atoms with Crippen LogP contribution in [0.3, 0.4) is 0 Å². The van der Waals surface area contributed by atoms with Crippen molar-refractivity contribution in [2.45, 2.75) is 12.8 Å². The van der Waals surface area contributed by atoms with Crippen molar-refractivity contribution < 1.29 is 0 Å². The van der Waals surface area contributed by atoms with Gasteiger partial charge in [0.05, 0.1) is 6.20 Å². The maximum Gasteiger partial charge on any atom is 0.222 e. The first-order valence-electron chi connectivity index (χ1n) is 4.49. The second-order valence-electron chi connectivity index (χ2n) is 3.39. The average Bonchev–Trinajstić information content (AvgIpc) is 2.84. The van der Waals surface area contributed by atoms with Crippen molar-refractivity contribution in [2.75, 3.05) is 5.73 Å². The summed E-state index contributed by atoms with van der Waals surface area (Å²) in [5.74, 6) is 1.10. The zero-order valence-corrected chi connectivity index (χ0v) is 7.49. The Hall–Kier alpha value is -1.91. The first-order chi connectivity index (χ1) is 6.81. The van der Waals surface area contributed by atoms with Crippen LogP contribution in [0.5, 0.6) is 0 Å². The molecule has 1 aliphatic rings. The maximum absolute atomic E-state index is 5.46. The fourth-order valence-electron chi connectivity index (χ4n) is 1.32. The van der Waals surface area contributed by atoms with E-state index >= 15 is 0 Å². The van der Waals surface area contributed by atoms with Gasteiger partial charge in [0.15, 0.2) is 5.65 Å². The molecule has 0 bridgehead atoms. The van der Waals surface area contributed by atoms with Crippen molar-refractivity contribution in [3.05, 3.63) is 17.6 Å². The SMILES string of the molecule is Nc1ncc2[nH]c(C=C3CC3)nc2n1. The fraction of sp³-hybridized carbons (Fsp3) is 0.222. The summed E-state index contributed by atoms with van der Waals surface area (Å²) in [7, 11) is 0. The first kappa shape index (κ1) is 7.49. The Labute approximate surface area is 80.1 Å². The quantitative estimate of drug-likeness (QED) is 0.700. The van der Waals surface area contributed by atoms with Gasteiger partial charge in [-0.1, -0.05) is 5.57 Å². The highest BCUT2D eigenvalue weighted by molar-refractivity contribution is 5.73. The number of aromatic amines is 1. The minimum Gasteiger partial charge on any atom is -0.368 e. The lowest BCUT2D eigenvalue weighted by molar-refractivity contribution is 1.21. The molecule has 0 spiro atoms. The molecule has 0 aromatic carbocycles. The molecule has 0 atom stereocenters. The molecule has 0 amide bonds. The molecule has 5 heteroatoms. The molecule has 0 saturated heterocycles. The van der Waals surface area contributed by atoms with E-state index in [4.69, 9.17) is 5.73 Å². The van der Waals surface area contributed by atoms with Gasteiger partial charge in [-0.05, 0) is 18.9 Å². The van der Waals surface area contributed by atoms with E-state index in [0.717, 1.165) is 11.3 Å². The maximum atomic E-state index is 5.46. The summed E-state index contributed by atoms with van der Waals surface area (Å²) < 4.78 is 0. The van der Waals surface area contributed by atoms with E-state index in [2.05, 4.69) is 26.0 Å². The molecule has 5 nitrogen and oxygen atoms in total. The molecule has 70 valence electrons. The van der Waals surface area contributed by atoms with Crippen LogP contribution in [0.1, 0.15) is 18.7 Å². The van der Waals surface area contributed by atoms with Gasteiger partial charge in [-0.2, -0.15) is 4.98 Å². The number of hydrogen-bond acceptors (Lipinski definition) is 4. The molecule has 2 aromatic heterocycles. The average molecular weight is 187 g/mol. The predicted octanol–water partition coefficient (Wildman–Crippen LogP) is 1.11. The Morgan fingerprint density at radius 2 is 2.21 bits per heavy atom. The number of H-pyrrole nitrogens is 1. The Kier molecular flexibility index (Phi) is 1.36. The number of nitrogens with two attached hydrogens (primary N) is 1. The highest BCUT2D eigenvalue weighted by atomic mass is 15.1. The van der Waals surface area contributed by atoms with E-state index in [-0.39, 0.29) is 5.95 Å². The van der Waals surface area contributed by atoms with E-state index in [1.54, 1.807) is 6.20 Å². The summed E-state index contributed by atoms with van der Waals surface area (Å²) in [5.41, 5.74) is 8.33. The fourth-order valence-corrected chi connectivity index (χ4v) is 1.32. The lowest BCUT2D eigenvalue weighted by atomic mass is 10.5. The summed E-state index contributed by atoms with van der Waals surface area (Å²) in [4.78, 5) is 15.3. The molecule has 1 fully saturated rings. The van der Waals surface area contributed by atoms with Crippen molar-refractivity contribution in [3.63, 3.8) is 0 Å². The van der Waals surface area contributed by atoms with E-state index < -0.39 is 0 Å². The molecular weight excluding hydrogens is 178 g/mol. The van der Waals surface area contributed by atoms with Gasteiger partial charge in [0.25, 0.3) is 0 Å². The Morgan fingerprint density at radius 3 is 3.00 bits per heavy atom. The van der Waals surface area contributed by atoms with E-state index in [1.165, 1.54) is 18.4 Å². The van der Waals surface area contributed by atoms with Crippen LogP contribution in [0.2, 0.25) is 0 Å². The number of allylic oxidation sites excluding steroid dienone is 1. The molecule has 0 radical (unpaired) electrons. The second kappa shape index (κ2) is 2.54. The topological polar surface area (TPSA) is 80.5 Å². The standard InChI is InChI=1S/C9H9N5/c10-9-11-4-6-8(14-9)13-7(12-6)3-5-1-2-5/h3-4H,1-2H2,(H3,10,11,12,13,14). The highest BCUT2D eigenvalue weighted by Gasteiger charge is 2.12. The van der Waals surface area contributed by atoms with Crippen molar-refractivity contribution >= 4 is 23.2 Å². The lowest BCUT2D eigenvalue weighted by Crippen LogP contribution is -1.93. The van der Waals surface area contributed by atoms with Crippen molar-refractivity contribution in [1.29, 1.82) is 0 Å². The van der Waals surface area contributed by atoms with Crippen LogP contribution in [-0.4, -0.2) is 19.9 Å². The predicted molar refractivity (Wildman–Crippen MR) is 53.3 cm³/mol. The molecular formula is C9H9N5. The monoisotopic (exact) mass is 187 g/mol. The number of fused-ring (bicyclic) bond motifs is 1. The number of imidazole rings is 1. The van der Waals surface area contributed by atoms with Gasteiger partial charge >= 0.3 is 0 Å². The van der Waals surface area contributed by atoms with Crippen LogP contribution < -0.4 is 5.73 Å². The molecule has 3 N–H and O–H groups in total. The van der Waals surface area contributed by atoms with Gasteiger partial charge in [-0.25, -0.2) is 9.97 Å². The molecule has 1 aliphatic carbocycles. The molecule has 14 heavy (non-hydrogen) atoms. The van der Waals surface area contributed by atoms with E-state index in [0.29, 0.717) is 5.65 Å². The largest absolute Gasteiger partial charge is 0.368 e. The number of nitrogens with one attached hydrogen (secondary N) is 1.